The molecular formula is C24H30N4O3. The van der Waals surface area contributed by atoms with E-state index in [4.69, 9.17) is 4.74 Å². The molecule has 164 valence electrons. The molecule has 2 aromatic carbocycles. The lowest BCUT2D eigenvalue weighted by atomic mass is 10.1. The van der Waals surface area contributed by atoms with Crippen molar-refractivity contribution < 1.29 is 14.3 Å². The van der Waals surface area contributed by atoms with Gasteiger partial charge in [0.2, 0.25) is 11.9 Å². The second-order valence-electron chi connectivity index (χ2n) is 7.93. The number of hydrogen-bond donors (Lipinski definition) is 3. The summed E-state index contributed by atoms with van der Waals surface area (Å²) in [7, 11) is 0. The number of benzene rings is 2. The second kappa shape index (κ2) is 10.2. The molecule has 1 fully saturated rings. The van der Waals surface area contributed by atoms with E-state index in [1.165, 1.54) is 6.92 Å². The van der Waals surface area contributed by atoms with Gasteiger partial charge >= 0.3 is 0 Å². The van der Waals surface area contributed by atoms with Gasteiger partial charge in [-0.25, -0.2) is 4.99 Å². The number of nitrogens with zero attached hydrogens (tertiary/aromatic N) is 1. The van der Waals surface area contributed by atoms with Crippen molar-refractivity contribution in [1.29, 1.82) is 0 Å². The number of aliphatic imine (C=N–C) groups is 1. The molecule has 0 aromatic heterocycles. The van der Waals surface area contributed by atoms with E-state index < -0.39 is 0 Å². The van der Waals surface area contributed by atoms with Gasteiger partial charge in [0.05, 0.1) is 12.6 Å². The largest absolute Gasteiger partial charge is 0.376 e. The molecule has 1 aliphatic heterocycles. The number of nitrogens with one attached hydrogen (secondary N) is 3. The van der Waals surface area contributed by atoms with Crippen LogP contribution >= 0.6 is 0 Å². The van der Waals surface area contributed by atoms with Gasteiger partial charge in [0.1, 0.15) is 0 Å². The number of hydrogen-bond acceptors (Lipinski definition) is 4. The molecule has 0 aliphatic carbocycles. The molecule has 3 N–H and O–H groups in total. The maximum Gasteiger partial charge on any atom is 0.258 e. The van der Waals surface area contributed by atoms with Gasteiger partial charge in [0.15, 0.2) is 0 Å². The van der Waals surface area contributed by atoms with Crippen LogP contribution in [-0.4, -0.2) is 37.0 Å². The molecule has 0 saturated carbocycles. The summed E-state index contributed by atoms with van der Waals surface area (Å²) in [4.78, 5) is 29.0. The fraction of sp³-hybridized carbons (Fsp3) is 0.375. The van der Waals surface area contributed by atoms with Crippen molar-refractivity contribution in [3.63, 3.8) is 0 Å². The highest BCUT2D eigenvalue weighted by Gasteiger charge is 2.17. The van der Waals surface area contributed by atoms with Gasteiger partial charge in [-0.05, 0) is 68.5 Å². The van der Waals surface area contributed by atoms with Gasteiger partial charge in [0, 0.05) is 30.5 Å². The molecule has 1 saturated heterocycles. The summed E-state index contributed by atoms with van der Waals surface area (Å²) in [5.41, 5.74) is 4.97. The Balaban J connectivity index is 1.81. The number of aryl methyl sites for hydroxylation is 3. The van der Waals surface area contributed by atoms with Crippen LogP contribution in [0.5, 0.6) is 0 Å². The Morgan fingerprint density at radius 3 is 2.42 bits per heavy atom. The zero-order valence-electron chi connectivity index (χ0n) is 18.5. The van der Waals surface area contributed by atoms with E-state index in [1.54, 1.807) is 12.1 Å². The van der Waals surface area contributed by atoms with Gasteiger partial charge in [-0.2, -0.15) is 0 Å². The lowest BCUT2D eigenvalue weighted by molar-refractivity contribution is -0.114. The second-order valence-corrected chi connectivity index (χ2v) is 7.93. The van der Waals surface area contributed by atoms with Gasteiger partial charge < -0.3 is 15.4 Å². The van der Waals surface area contributed by atoms with Crippen LogP contribution in [0, 0.1) is 20.8 Å². The third-order valence-corrected chi connectivity index (χ3v) is 5.17. The van der Waals surface area contributed by atoms with E-state index in [2.05, 4.69) is 20.9 Å². The fourth-order valence-electron chi connectivity index (χ4n) is 3.36. The first-order chi connectivity index (χ1) is 14.8. The SMILES string of the molecule is CC(=O)Nc1cc(C(=O)NC(=NCC2CCCO2)Nc2cc(C)ccc2C)ccc1C. The summed E-state index contributed by atoms with van der Waals surface area (Å²) in [6.45, 7) is 8.56. The van der Waals surface area contributed by atoms with Crippen molar-refractivity contribution >= 4 is 29.1 Å². The standard InChI is InChI=1S/C24H30N4O3/c1-15-7-8-16(2)21(12-15)27-24(25-14-20-6-5-11-31-20)28-23(30)19-10-9-17(3)22(13-19)26-18(4)29/h7-10,12-13,20H,5-6,11,14H2,1-4H3,(H,26,29)(H2,25,27,28,30). The normalized spacial score (nSPS) is 16.1. The topological polar surface area (TPSA) is 91.8 Å². The summed E-state index contributed by atoms with van der Waals surface area (Å²) < 4.78 is 5.66. The maximum absolute atomic E-state index is 13.0. The summed E-state index contributed by atoms with van der Waals surface area (Å²) in [5.74, 6) is -0.123. The van der Waals surface area contributed by atoms with Gasteiger partial charge in [-0.1, -0.05) is 18.2 Å². The molecule has 1 unspecified atom stereocenters. The first-order valence-electron chi connectivity index (χ1n) is 10.5. The molecule has 3 rings (SSSR count). The van der Waals surface area contributed by atoms with E-state index in [9.17, 15) is 9.59 Å². The van der Waals surface area contributed by atoms with Crippen LogP contribution in [0.15, 0.2) is 41.4 Å². The van der Waals surface area contributed by atoms with Crippen LogP contribution in [0.1, 0.15) is 46.8 Å². The van der Waals surface area contributed by atoms with Gasteiger partial charge in [-0.15, -0.1) is 0 Å². The number of ether oxygens (including phenoxy) is 1. The van der Waals surface area contributed by atoms with Crippen LogP contribution in [0.25, 0.3) is 0 Å². The average Bonchev–Trinajstić information content (AvgIpc) is 3.24. The lowest BCUT2D eigenvalue weighted by Gasteiger charge is -2.16. The minimum atomic E-state index is -0.310. The zero-order chi connectivity index (χ0) is 22.4. The first-order valence-corrected chi connectivity index (χ1v) is 10.5. The van der Waals surface area contributed by atoms with Crippen LogP contribution < -0.4 is 16.0 Å². The molecule has 7 heteroatoms. The number of anilines is 2. The number of amides is 2. The minimum Gasteiger partial charge on any atom is -0.376 e. The third-order valence-electron chi connectivity index (χ3n) is 5.17. The van der Waals surface area contributed by atoms with Crippen LogP contribution in [0.2, 0.25) is 0 Å². The molecule has 1 heterocycles. The number of carbonyl (C=O) groups is 2. The fourth-order valence-corrected chi connectivity index (χ4v) is 3.36. The molecular weight excluding hydrogens is 392 g/mol. The summed E-state index contributed by atoms with van der Waals surface area (Å²) in [6.07, 6.45) is 2.06. The Morgan fingerprint density at radius 2 is 1.74 bits per heavy atom. The Kier molecular flexibility index (Phi) is 7.41. The zero-order valence-corrected chi connectivity index (χ0v) is 18.5. The van der Waals surface area contributed by atoms with Crippen LogP contribution in [-0.2, 0) is 9.53 Å². The average molecular weight is 423 g/mol. The molecule has 7 nitrogen and oxygen atoms in total. The van der Waals surface area contributed by atoms with Crippen molar-refractivity contribution in [3.8, 4) is 0 Å². The quantitative estimate of drug-likeness (QED) is 0.503. The van der Waals surface area contributed by atoms with E-state index >= 15 is 0 Å². The van der Waals surface area contributed by atoms with Crippen LogP contribution in [0.4, 0.5) is 11.4 Å². The third kappa shape index (κ3) is 6.39. The van der Waals surface area contributed by atoms with Gasteiger partial charge in [-0.3, -0.25) is 14.9 Å². The summed E-state index contributed by atoms with van der Waals surface area (Å²) >= 11 is 0. The smallest absolute Gasteiger partial charge is 0.258 e. The molecule has 1 aliphatic rings. The Hall–Kier alpha value is -3.19. The molecule has 31 heavy (non-hydrogen) atoms. The molecule has 0 radical (unpaired) electrons. The predicted molar refractivity (Wildman–Crippen MR) is 124 cm³/mol. The molecule has 1 atom stereocenters. The van der Waals surface area contributed by atoms with E-state index in [0.29, 0.717) is 23.8 Å². The van der Waals surface area contributed by atoms with Gasteiger partial charge in [0.25, 0.3) is 5.91 Å². The van der Waals surface area contributed by atoms with E-state index in [0.717, 1.165) is 41.8 Å². The van der Waals surface area contributed by atoms with E-state index in [-0.39, 0.29) is 17.9 Å². The summed E-state index contributed by atoms with van der Waals surface area (Å²) in [5, 5.41) is 8.90. The highest BCUT2D eigenvalue weighted by atomic mass is 16.5. The Morgan fingerprint density at radius 1 is 1.03 bits per heavy atom. The number of guanidine groups is 1. The molecule has 0 bridgehead atoms. The van der Waals surface area contributed by atoms with Crippen molar-refractivity contribution in [3.05, 3.63) is 58.7 Å². The lowest BCUT2D eigenvalue weighted by Crippen LogP contribution is -2.37. The Labute approximate surface area is 183 Å². The molecule has 2 aromatic rings. The summed E-state index contributed by atoms with van der Waals surface area (Å²) in [6, 6.07) is 11.3. The molecule has 0 spiro atoms. The van der Waals surface area contributed by atoms with Crippen molar-refractivity contribution in [2.24, 2.45) is 4.99 Å². The highest BCUT2D eigenvalue weighted by Crippen LogP contribution is 2.19. The predicted octanol–water partition coefficient (Wildman–Crippen LogP) is 3.95. The van der Waals surface area contributed by atoms with Crippen molar-refractivity contribution in [2.75, 3.05) is 23.8 Å². The first kappa shape index (κ1) is 22.5. The van der Waals surface area contributed by atoms with Crippen molar-refractivity contribution in [2.45, 2.75) is 46.6 Å². The monoisotopic (exact) mass is 422 g/mol. The highest BCUT2D eigenvalue weighted by molar-refractivity contribution is 6.10. The van der Waals surface area contributed by atoms with Crippen molar-refractivity contribution in [1.82, 2.24) is 5.32 Å². The Bertz CT molecular complexity index is 994. The number of carbonyl (C=O) groups excluding carboxylic acids is 2. The number of rotatable bonds is 5. The van der Waals surface area contributed by atoms with E-state index in [1.807, 2.05) is 45.0 Å². The maximum atomic E-state index is 13.0. The van der Waals surface area contributed by atoms with Crippen LogP contribution in [0.3, 0.4) is 0 Å². The minimum absolute atomic E-state index is 0.0676. The molecule has 2 amide bonds.